The molecule has 2 rings (SSSR count). The molecule has 0 aliphatic carbocycles. The molecule has 1 atom stereocenters. The summed E-state index contributed by atoms with van der Waals surface area (Å²) < 4.78 is 5.42. The van der Waals surface area contributed by atoms with E-state index in [-0.39, 0.29) is 17.9 Å². The minimum absolute atomic E-state index is 0.0332. The first-order chi connectivity index (χ1) is 11.7. The summed E-state index contributed by atoms with van der Waals surface area (Å²) in [5, 5.41) is 3.00. The number of amides is 2. The van der Waals surface area contributed by atoms with Crippen molar-refractivity contribution >= 4 is 17.7 Å². The largest absolute Gasteiger partial charge is 0.444 e. The van der Waals surface area contributed by atoms with E-state index in [9.17, 15) is 9.59 Å². The first kappa shape index (κ1) is 19.3. The average Bonchev–Trinajstić information content (AvgIpc) is 2.53. The molecular formula is C20H30N2O3. The van der Waals surface area contributed by atoms with Gasteiger partial charge in [-0.05, 0) is 57.2 Å². The number of benzene rings is 1. The Balaban J connectivity index is 1.97. The van der Waals surface area contributed by atoms with Gasteiger partial charge in [0.25, 0.3) is 0 Å². The first-order valence-corrected chi connectivity index (χ1v) is 9.04. The maximum atomic E-state index is 12.6. The lowest BCUT2D eigenvalue weighted by molar-refractivity contribution is -0.121. The Labute approximate surface area is 150 Å². The number of piperidine rings is 1. The van der Waals surface area contributed by atoms with Gasteiger partial charge in [0.15, 0.2) is 0 Å². The number of hydrogen-bond donors (Lipinski definition) is 1. The molecule has 0 saturated carbocycles. The fourth-order valence-corrected chi connectivity index (χ4v) is 2.90. The number of carbonyl (C=O) groups excluding carboxylic acids is 2. The number of nitrogens with zero attached hydrogens (tertiary/aromatic N) is 1. The molecule has 0 spiro atoms. The second kappa shape index (κ2) is 7.89. The molecule has 0 bridgehead atoms. The van der Waals surface area contributed by atoms with Gasteiger partial charge < -0.3 is 15.0 Å². The molecule has 1 aromatic carbocycles. The standard InChI is InChI=1S/C20H30N2O3/c1-14(2)15-8-6-10-17(12-15)21-18(23)16-9-7-11-22(13-16)19(24)25-20(3,4)5/h6,8,10,12,14,16H,7,9,11,13H2,1-5H3,(H,21,23). The maximum Gasteiger partial charge on any atom is 0.410 e. The predicted molar refractivity (Wildman–Crippen MR) is 99.7 cm³/mol. The second-order valence-corrected chi connectivity index (χ2v) is 8.03. The third kappa shape index (κ3) is 5.76. The summed E-state index contributed by atoms with van der Waals surface area (Å²) >= 11 is 0. The van der Waals surface area contributed by atoms with Gasteiger partial charge in [-0.25, -0.2) is 4.79 Å². The number of ether oxygens (including phenoxy) is 1. The van der Waals surface area contributed by atoms with E-state index in [0.29, 0.717) is 19.0 Å². The van der Waals surface area contributed by atoms with Crippen LogP contribution in [0.2, 0.25) is 0 Å². The zero-order valence-electron chi connectivity index (χ0n) is 16.0. The molecule has 5 heteroatoms. The van der Waals surface area contributed by atoms with E-state index in [1.807, 2.05) is 39.0 Å². The number of anilines is 1. The van der Waals surface area contributed by atoms with Crippen LogP contribution in [-0.4, -0.2) is 35.6 Å². The zero-order chi connectivity index (χ0) is 18.6. The van der Waals surface area contributed by atoms with Gasteiger partial charge in [0.2, 0.25) is 5.91 Å². The van der Waals surface area contributed by atoms with E-state index in [0.717, 1.165) is 18.5 Å². The van der Waals surface area contributed by atoms with Crippen molar-refractivity contribution in [1.82, 2.24) is 4.90 Å². The van der Waals surface area contributed by atoms with E-state index in [2.05, 4.69) is 25.2 Å². The van der Waals surface area contributed by atoms with Crippen molar-refractivity contribution in [2.24, 2.45) is 5.92 Å². The van der Waals surface area contributed by atoms with Crippen molar-refractivity contribution in [3.8, 4) is 0 Å². The molecule has 0 aromatic heterocycles. The number of nitrogens with one attached hydrogen (secondary N) is 1. The lowest BCUT2D eigenvalue weighted by Gasteiger charge is -2.33. The molecule has 1 saturated heterocycles. The Hall–Kier alpha value is -2.04. The van der Waals surface area contributed by atoms with Crippen LogP contribution in [0.15, 0.2) is 24.3 Å². The highest BCUT2D eigenvalue weighted by Crippen LogP contribution is 2.23. The summed E-state index contributed by atoms with van der Waals surface area (Å²) in [4.78, 5) is 26.5. The Morgan fingerprint density at radius 2 is 2.00 bits per heavy atom. The highest BCUT2D eigenvalue weighted by molar-refractivity contribution is 5.93. The van der Waals surface area contributed by atoms with E-state index >= 15 is 0 Å². The van der Waals surface area contributed by atoms with Crippen LogP contribution in [0.5, 0.6) is 0 Å². The van der Waals surface area contributed by atoms with Gasteiger partial charge in [-0.3, -0.25) is 4.79 Å². The minimum atomic E-state index is -0.524. The van der Waals surface area contributed by atoms with Crippen LogP contribution in [0.25, 0.3) is 0 Å². The highest BCUT2D eigenvalue weighted by Gasteiger charge is 2.31. The van der Waals surface area contributed by atoms with Crippen LogP contribution in [0.3, 0.4) is 0 Å². The van der Waals surface area contributed by atoms with E-state index in [4.69, 9.17) is 4.74 Å². The highest BCUT2D eigenvalue weighted by atomic mass is 16.6. The minimum Gasteiger partial charge on any atom is -0.444 e. The van der Waals surface area contributed by atoms with Gasteiger partial charge in [0, 0.05) is 18.8 Å². The third-order valence-corrected chi connectivity index (χ3v) is 4.26. The molecule has 0 radical (unpaired) electrons. The predicted octanol–water partition coefficient (Wildman–Crippen LogP) is 4.40. The summed E-state index contributed by atoms with van der Waals surface area (Å²) in [6.07, 6.45) is 1.25. The fourth-order valence-electron chi connectivity index (χ4n) is 2.90. The summed E-state index contributed by atoms with van der Waals surface area (Å²) in [5.41, 5.74) is 1.48. The number of likely N-dealkylation sites (tertiary alicyclic amines) is 1. The lowest BCUT2D eigenvalue weighted by Crippen LogP contribution is -2.45. The van der Waals surface area contributed by atoms with Gasteiger partial charge >= 0.3 is 6.09 Å². The summed E-state index contributed by atoms with van der Waals surface area (Å²) in [6, 6.07) is 7.93. The SMILES string of the molecule is CC(C)c1cccc(NC(=O)C2CCCN(C(=O)OC(C)(C)C)C2)c1. The average molecular weight is 346 g/mol. The van der Waals surface area contributed by atoms with Crippen molar-refractivity contribution < 1.29 is 14.3 Å². The molecule has 1 aliphatic heterocycles. The van der Waals surface area contributed by atoms with Crippen molar-refractivity contribution in [3.05, 3.63) is 29.8 Å². The summed E-state index contributed by atoms with van der Waals surface area (Å²) in [7, 11) is 0. The van der Waals surface area contributed by atoms with Crippen LogP contribution < -0.4 is 5.32 Å². The van der Waals surface area contributed by atoms with Gasteiger partial charge in [-0.2, -0.15) is 0 Å². The quantitative estimate of drug-likeness (QED) is 0.883. The molecule has 1 fully saturated rings. The van der Waals surface area contributed by atoms with E-state index in [1.165, 1.54) is 5.56 Å². The van der Waals surface area contributed by atoms with Crippen LogP contribution >= 0.6 is 0 Å². The van der Waals surface area contributed by atoms with Crippen molar-refractivity contribution in [2.75, 3.05) is 18.4 Å². The van der Waals surface area contributed by atoms with Crippen molar-refractivity contribution in [3.63, 3.8) is 0 Å². The van der Waals surface area contributed by atoms with Gasteiger partial charge in [-0.1, -0.05) is 26.0 Å². The second-order valence-electron chi connectivity index (χ2n) is 8.03. The Bertz CT molecular complexity index is 620. The molecule has 25 heavy (non-hydrogen) atoms. The number of hydrogen-bond acceptors (Lipinski definition) is 3. The molecular weight excluding hydrogens is 316 g/mol. The smallest absolute Gasteiger partial charge is 0.410 e. The van der Waals surface area contributed by atoms with Crippen LogP contribution in [0.1, 0.15) is 58.9 Å². The monoisotopic (exact) mass is 346 g/mol. The van der Waals surface area contributed by atoms with Crippen molar-refractivity contribution in [2.45, 2.75) is 59.0 Å². The van der Waals surface area contributed by atoms with Crippen LogP contribution in [0, 0.1) is 5.92 Å². The van der Waals surface area contributed by atoms with Gasteiger partial charge in [0.05, 0.1) is 5.92 Å². The molecule has 1 aromatic rings. The molecule has 5 nitrogen and oxygen atoms in total. The van der Waals surface area contributed by atoms with E-state index in [1.54, 1.807) is 4.90 Å². The summed E-state index contributed by atoms with van der Waals surface area (Å²) in [6.45, 7) is 10.8. The molecule has 1 aliphatic rings. The Morgan fingerprint density at radius 3 is 2.64 bits per heavy atom. The zero-order valence-corrected chi connectivity index (χ0v) is 16.0. The normalized spacial score (nSPS) is 18.2. The van der Waals surface area contributed by atoms with E-state index < -0.39 is 5.60 Å². The molecule has 1 heterocycles. The maximum absolute atomic E-state index is 12.6. The van der Waals surface area contributed by atoms with Gasteiger partial charge in [-0.15, -0.1) is 0 Å². The van der Waals surface area contributed by atoms with Crippen LogP contribution in [0.4, 0.5) is 10.5 Å². The molecule has 1 unspecified atom stereocenters. The topological polar surface area (TPSA) is 58.6 Å². The van der Waals surface area contributed by atoms with Crippen molar-refractivity contribution in [1.29, 1.82) is 0 Å². The number of rotatable bonds is 3. The molecule has 138 valence electrons. The van der Waals surface area contributed by atoms with Gasteiger partial charge in [0.1, 0.15) is 5.60 Å². The molecule has 1 N–H and O–H groups in total. The Morgan fingerprint density at radius 1 is 1.28 bits per heavy atom. The fraction of sp³-hybridized carbons (Fsp3) is 0.600. The molecule has 2 amide bonds. The Kier molecular flexibility index (Phi) is 6.09. The van der Waals surface area contributed by atoms with Crippen LogP contribution in [-0.2, 0) is 9.53 Å². The number of carbonyl (C=O) groups is 2. The summed E-state index contributed by atoms with van der Waals surface area (Å²) in [5.74, 6) is 0.173. The first-order valence-electron chi connectivity index (χ1n) is 9.04. The lowest BCUT2D eigenvalue weighted by atomic mass is 9.97. The third-order valence-electron chi connectivity index (χ3n) is 4.26.